The molecule has 1 saturated heterocycles. The van der Waals surface area contributed by atoms with Gasteiger partial charge in [-0.15, -0.1) is 0 Å². The Kier molecular flexibility index (Phi) is 4.40. The molecule has 2 aromatic rings. The first-order valence-electron chi connectivity index (χ1n) is 8.78. The van der Waals surface area contributed by atoms with Gasteiger partial charge in [0, 0.05) is 24.6 Å². The SMILES string of the molecule is CC(=O)N(N)c1cc(=O)nc2c3c(n(C4OC(CO)C(O)C4(C)O)cc13)N=CN2. The Hall–Kier alpha value is -2.90. The largest absolute Gasteiger partial charge is 0.394 e. The lowest BCUT2D eigenvalue weighted by Crippen LogP contribution is -2.44. The first-order valence-corrected chi connectivity index (χ1v) is 8.78. The van der Waals surface area contributed by atoms with Crippen molar-refractivity contribution in [2.45, 2.75) is 37.9 Å². The Labute approximate surface area is 163 Å². The van der Waals surface area contributed by atoms with Crippen LogP contribution in [0.4, 0.5) is 17.3 Å². The minimum Gasteiger partial charge on any atom is -0.394 e. The van der Waals surface area contributed by atoms with Crippen molar-refractivity contribution in [2.75, 3.05) is 16.9 Å². The average molecular weight is 404 g/mol. The molecular formula is C17H20N6O6. The Balaban J connectivity index is 2.02. The zero-order valence-electron chi connectivity index (χ0n) is 15.6. The van der Waals surface area contributed by atoms with Gasteiger partial charge in [-0.3, -0.25) is 9.59 Å². The second-order valence-electron chi connectivity index (χ2n) is 7.15. The van der Waals surface area contributed by atoms with Crippen LogP contribution in [0.5, 0.6) is 0 Å². The number of hydrogen-bond acceptors (Lipinski definition) is 10. The average Bonchev–Trinajstić information content (AvgIpc) is 3.09. The van der Waals surface area contributed by atoms with E-state index in [1.807, 2.05) is 0 Å². The number of anilines is 2. The number of nitrogens with zero attached hydrogens (tertiary/aromatic N) is 4. The van der Waals surface area contributed by atoms with Crippen molar-refractivity contribution < 1.29 is 24.9 Å². The molecule has 6 N–H and O–H groups in total. The highest BCUT2D eigenvalue weighted by Crippen LogP contribution is 2.45. The molecule has 0 spiro atoms. The fraction of sp³-hybridized carbons (Fsp3) is 0.412. The molecule has 0 bridgehead atoms. The Morgan fingerprint density at radius 3 is 2.86 bits per heavy atom. The zero-order valence-corrected chi connectivity index (χ0v) is 15.6. The Morgan fingerprint density at radius 1 is 1.52 bits per heavy atom. The highest BCUT2D eigenvalue weighted by atomic mass is 16.6. The predicted molar refractivity (Wildman–Crippen MR) is 103 cm³/mol. The number of nitrogens with two attached hydrogens (primary N) is 1. The smallest absolute Gasteiger partial charge is 0.273 e. The van der Waals surface area contributed by atoms with Gasteiger partial charge < -0.3 is 29.9 Å². The lowest BCUT2D eigenvalue weighted by atomic mass is 9.96. The summed E-state index contributed by atoms with van der Waals surface area (Å²) in [5, 5.41) is 34.9. The van der Waals surface area contributed by atoms with Gasteiger partial charge in [-0.2, -0.15) is 4.98 Å². The van der Waals surface area contributed by atoms with Gasteiger partial charge in [0.2, 0.25) is 5.91 Å². The molecule has 29 heavy (non-hydrogen) atoms. The molecule has 2 aliphatic heterocycles. The van der Waals surface area contributed by atoms with Crippen molar-refractivity contribution >= 4 is 40.3 Å². The standard InChI is InChI=1S/C17H20N6O6/c1-7(25)23(18)9-3-11(26)21-14-12-8(9)4-22(15(12)20-6-19-14)16-17(2,28)13(27)10(5-24)29-16/h3-4,6,10,13,16,24,27-28H,5,18H2,1-2H3,(H,19,20,21,26). The summed E-state index contributed by atoms with van der Waals surface area (Å²) >= 11 is 0. The number of rotatable bonds is 3. The minimum absolute atomic E-state index is 0.0899. The van der Waals surface area contributed by atoms with Gasteiger partial charge in [0.15, 0.2) is 6.23 Å². The molecule has 0 saturated carbocycles. The number of aliphatic hydroxyl groups excluding tert-OH is 2. The number of carbonyl (C=O) groups is 1. The van der Waals surface area contributed by atoms with Crippen LogP contribution in [-0.2, 0) is 9.53 Å². The first kappa shape index (κ1) is 19.4. The molecule has 4 atom stereocenters. The fourth-order valence-electron chi connectivity index (χ4n) is 3.66. The number of nitrogens with one attached hydrogen (secondary N) is 1. The van der Waals surface area contributed by atoms with E-state index in [0.717, 1.165) is 11.1 Å². The van der Waals surface area contributed by atoms with E-state index in [0.29, 0.717) is 10.8 Å². The molecule has 12 nitrogen and oxygen atoms in total. The van der Waals surface area contributed by atoms with Crippen LogP contribution in [0.25, 0.3) is 10.8 Å². The van der Waals surface area contributed by atoms with Crippen molar-refractivity contribution in [1.82, 2.24) is 9.55 Å². The molecule has 12 heteroatoms. The Bertz CT molecular complexity index is 1100. The highest BCUT2D eigenvalue weighted by molar-refractivity contribution is 6.12. The molecule has 4 unspecified atom stereocenters. The molecule has 0 aliphatic carbocycles. The van der Waals surface area contributed by atoms with Crippen LogP contribution < -0.4 is 21.7 Å². The number of aliphatic imine (C=N–C) groups is 1. The number of ether oxygens (including phenoxy) is 1. The molecule has 0 radical (unpaired) electrons. The minimum atomic E-state index is -1.76. The van der Waals surface area contributed by atoms with Gasteiger partial charge in [0.05, 0.1) is 24.0 Å². The van der Waals surface area contributed by atoms with Crippen molar-refractivity contribution in [3.63, 3.8) is 0 Å². The third-order valence-electron chi connectivity index (χ3n) is 5.17. The summed E-state index contributed by atoms with van der Waals surface area (Å²) in [5.74, 6) is 5.81. The second kappa shape index (κ2) is 6.57. The lowest BCUT2D eigenvalue weighted by molar-refractivity contribution is -0.116. The molecule has 4 rings (SSSR count). The van der Waals surface area contributed by atoms with Gasteiger partial charge in [-0.05, 0) is 6.92 Å². The number of aromatic nitrogens is 2. The second-order valence-corrected chi connectivity index (χ2v) is 7.15. The normalized spacial score (nSPS) is 27.9. The topological polar surface area (TPSA) is 176 Å². The molecule has 0 aromatic carbocycles. The van der Waals surface area contributed by atoms with Gasteiger partial charge in [0.1, 0.15) is 29.4 Å². The summed E-state index contributed by atoms with van der Waals surface area (Å²) in [6, 6.07) is 1.12. The van der Waals surface area contributed by atoms with Crippen LogP contribution >= 0.6 is 0 Å². The lowest BCUT2D eigenvalue weighted by Gasteiger charge is -2.28. The maximum absolute atomic E-state index is 12.2. The third kappa shape index (κ3) is 2.81. The van der Waals surface area contributed by atoms with E-state index in [1.165, 1.54) is 30.9 Å². The van der Waals surface area contributed by atoms with E-state index >= 15 is 0 Å². The van der Waals surface area contributed by atoms with E-state index in [2.05, 4.69) is 15.3 Å². The Morgan fingerprint density at radius 2 is 2.24 bits per heavy atom. The number of hydrogen-bond donors (Lipinski definition) is 5. The summed E-state index contributed by atoms with van der Waals surface area (Å²) in [7, 11) is 0. The van der Waals surface area contributed by atoms with Gasteiger partial charge >= 0.3 is 0 Å². The predicted octanol–water partition coefficient (Wildman–Crippen LogP) is -1.29. The first-order chi connectivity index (χ1) is 13.7. The molecule has 2 aliphatic rings. The summed E-state index contributed by atoms with van der Waals surface area (Å²) in [6.07, 6.45) is -0.667. The van der Waals surface area contributed by atoms with E-state index in [-0.39, 0.29) is 17.3 Å². The molecular weight excluding hydrogens is 384 g/mol. The van der Waals surface area contributed by atoms with Crippen LogP contribution in [0.1, 0.15) is 20.1 Å². The monoisotopic (exact) mass is 404 g/mol. The summed E-state index contributed by atoms with van der Waals surface area (Å²) < 4.78 is 7.13. The van der Waals surface area contributed by atoms with Crippen LogP contribution in [0, 0.1) is 0 Å². The maximum atomic E-state index is 12.2. The number of amides is 1. The number of aliphatic hydroxyl groups is 3. The van der Waals surface area contributed by atoms with Crippen molar-refractivity contribution in [1.29, 1.82) is 0 Å². The van der Waals surface area contributed by atoms with Crippen LogP contribution in [0.2, 0.25) is 0 Å². The number of carbonyl (C=O) groups excluding carboxylic acids is 1. The van der Waals surface area contributed by atoms with Crippen molar-refractivity contribution in [3.05, 3.63) is 22.6 Å². The van der Waals surface area contributed by atoms with Crippen LogP contribution in [0.15, 0.2) is 22.1 Å². The van der Waals surface area contributed by atoms with E-state index < -0.39 is 42.1 Å². The van der Waals surface area contributed by atoms with Crippen molar-refractivity contribution in [2.24, 2.45) is 10.8 Å². The van der Waals surface area contributed by atoms with Gasteiger partial charge in [-0.1, -0.05) is 0 Å². The zero-order chi connectivity index (χ0) is 21.1. The molecule has 4 heterocycles. The molecule has 1 amide bonds. The van der Waals surface area contributed by atoms with Crippen molar-refractivity contribution in [3.8, 4) is 0 Å². The summed E-state index contributed by atoms with van der Waals surface area (Å²) in [5.41, 5.74) is -2.29. The van der Waals surface area contributed by atoms with Gasteiger partial charge in [-0.25, -0.2) is 15.8 Å². The molecule has 1 fully saturated rings. The molecule has 154 valence electrons. The van der Waals surface area contributed by atoms with E-state index in [4.69, 9.17) is 10.6 Å². The maximum Gasteiger partial charge on any atom is 0.273 e. The fourth-order valence-corrected chi connectivity index (χ4v) is 3.66. The number of hydrazine groups is 1. The molecule has 2 aromatic heterocycles. The highest BCUT2D eigenvalue weighted by Gasteiger charge is 2.53. The van der Waals surface area contributed by atoms with Gasteiger partial charge in [0.25, 0.3) is 5.56 Å². The van der Waals surface area contributed by atoms with E-state index in [1.54, 1.807) is 0 Å². The van der Waals surface area contributed by atoms with Crippen LogP contribution in [0.3, 0.4) is 0 Å². The quantitative estimate of drug-likeness (QED) is 0.237. The van der Waals surface area contributed by atoms with E-state index in [9.17, 15) is 24.9 Å². The third-order valence-corrected chi connectivity index (χ3v) is 5.17. The summed E-state index contributed by atoms with van der Waals surface area (Å²) in [4.78, 5) is 32.3. The summed E-state index contributed by atoms with van der Waals surface area (Å²) in [6.45, 7) is 2.12. The van der Waals surface area contributed by atoms with Crippen LogP contribution in [-0.4, -0.2) is 61.5 Å².